The summed E-state index contributed by atoms with van der Waals surface area (Å²) in [5, 5.41) is 0.804. The van der Waals surface area contributed by atoms with Crippen LogP contribution in [-0.4, -0.2) is 6.61 Å². The predicted molar refractivity (Wildman–Crippen MR) is 76.5 cm³/mol. The molecule has 1 heterocycles. The number of benzene rings is 1. The van der Waals surface area contributed by atoms with Gasteiger partial charge in [-0.3, -0.25) is 0 Å². The highest BCUT2D eigenvalue weighted by Crippen LogP contribution is 2.53. The molecule has 2 bridgehead atoms. The van der Waals surface area contributed by atoms with E-state index in [-0.39, 0.29) is 6.04 Å². The van der Waals surface area contributed by atoms with E-state index < -0.39 is 0 Å². The Morgan fingerprint density at radius 2 is 2.16 bits per heavy atom. The molecule has 0 aromatic heterocycles. The third-order valence-electron chi connectivity index (χ3n) is 5.39. The van der Waals surface area contributed by atoms with Crippen molar-refractivity contribution in [2.45, 2.75) is 38.1 Å². The van der Waals surface area contributed by atoms with Gasteiger partial charge in [-0.25, -0.2) is 0 Å². The molecule has 2 N–H and O–H groups in total. The van der Waals surface area contributed by atoms with Crippen LogP contribution in [0, 0.1) is 17.8 Å². The second-order valence-corrected chi connectivity index (χ2v) is 6.88. The highest BCUT2D eigenvalue weighted by molar-refractivity contribution is 6.30. The minimum Gasteiger partial charge on any atom is -0.493 e. The monoisotopic (exact) mass is 277 g/mol. The lowest BCUT2D eigenvalue weighted by atomic mass is 9.80. The Hall–Kier alpha value is -0.730. The zero-order valence-corrected chi connectivity index (χ0v) is 11.8. The molecule has 4 atom stereocenters. The molecule has 1 aliphatic heterocycles. The quantitative estimate of drug-likeness (QED) is 0.894. The third-order valence-corrected chi connectivity index (χ3v) is 5.61. The summed E-state index contributed by atoms with van der Waals surface area (Å²) in [5.74, 6) is 3.41. The molecule has 4 unspecified atom stereocenters. The summed E-state index contributed by atoms with van der Waals surface area (Å²) in [6.45, 7) is 0.770. The summed E-state index contributed by atoms with van der Waals surface area (Å²) in [6, 6.07) is 4.16. The van der Waals surface area contributed by atoms with E-state index in [9.17, 15) is 0 Å². The molecule has 0 spiro atoms. The smallest absolute Gasteiger partial charge is 0.127 e. The van der Waals surface area contributed by atoms with Crippen LogP contribution >= 0.6 is 11.6 Å². The van der Waals surface area contributed by atoms with E-state index in [0.29, 0.717) is 5.92 Å². The molecule has 19 heavy (non-hydrogen) atoms. The number of rotatable bonds is 2. The van der Waals surface area contributed by atoms with Gasteiger partial charge in [-0.05, 0) is 54.7 Å². The van der Waals surface area contributed by atoms with Crippen LogP contribution in [0.4, 0.5) is 0 Å². The Labute approximate surface area is 119 Å². The van der Waals surface area contributed by atoms with Gasteiger partial charge in [0.25, 0.3) is 0 Å². The molecular formula is C16H20ClNO. The van der Waals surface area contributed by atoms with Crippen molar-refractivity contribution in [3.8, 4) is 5.75 Å². The number of hydrogen-bond acceptors (Lipinski definition) is 2. The van der Waals surface area contributed by atoms with Gasteiger partial charge in [0.15, 0.2) is 0 Å². The zero-order valence-electron chi connectivity index (χ0n) is 11.1. The lowest BCUT2D eigenvalue weighted by Gasteiger charge is -2.29. The van der Waals surface area contributed by atoms with Crippen molar-refractivity contribution in [3.05, 3.63) is 28.3 Å². The summed E-state index contributed by atoms with van der Waals surface area (Å²) in [5.41, 5.74) is 8.98. The van der Waals surface area contributed by atoms with Gasteiger partial charge in [0.05, 0.1) is 6.61 Å². The van der Waals surface area contributed by atoms with Crippen molar-refractivity contribution < 1.29 is 4.74 Å². The summed E-state index contributed by atoms with van der Waals surface area (Å²) < 4.78 is 5.81. The topological polar surface area (TPSA) is 35.2 Å². The molecule has 2 nitrogen and oxygen atoms in total. The second kappa shape index (κ2) is 4.39. The minimum absolute atomic E-state index is 0.0980. The maximum Gasteiger partial charge on any atom is 0.127 e. The first-order chi connectivity index (χ1) is 9.22. The fourth-order valence-corrected chi connectivity index (χ4v) is 4.76. The molecule has 2 aliphatic carbocycles. The van der Waals surface area contributed by atoms with Gasteiger partial charge < -0.3 is 10.5 Å². The molecule has 1 aromatic carbocycles. The van der Waals surface area contributed by atoms with Crippen LogP contribution < -0.4 is 10.5 Å². The van der Waals surface area contributed by atoms with E-state index >= 15 is 0 Å². The SMILES string of the molecule is NC(c1cc(Cl)cc2c1OCC2)C1CC2CCC1C2. The van der Waals surface area contributed by atoms with E-state index in [1.165, 1.54) is 31.2 Å². The fraction of sp³-hybridized carbons (Fsp3) is 0.625. The molecule has 1 aromatic rings. The van der Waals surface area contributed by atoms with Crippen LogP contribution in [0.2, 0.25) is 5.02 Å². The predicted octanol–water partition coefficient (Wildman–Crippen LogP) is 3.71. The van der Waals surface area contributed by atoms with Crippen LogP contribution in [-0.2, 0) is 6.42 Å². The van der Waals surface area contributed by atoms with Gasteiger partial charge in [0.2, 0.25) is 0 Å². The molecule has 0 saturated heterocycles. The lowest BCUT2D eigenvalue weighted by molar-refractivity contribution is 0.276. The van der Waals surface area contributed by atoms with Crippen LogP contribution in [0.5, 0.6) is 5.75 Å². The van der Waals surface area contributed by atoms with E-state index in [2.05, 4.69) is 0 Å². The maximum absolute atomic E-state index is 6.59. The number of ether oxygens (including phenoxy) is 1. The van der Waals surface area contributed by atoms with Gasteiger partial charge in [-0.15, -0.1) is 0 Å². The Morgan fingerprint density at radius 3 is 2.89 bits per heavy atom. The van der Waals surface area contributed by atoms with E-state index in [1.54, 1.807) is 0 Å². The molecule has 3 aliphatic rings. The van der Waals surface area contributed by atoms with Crippen molar-refractivity contribution in [3.63, 3.8) is 0 Å². The van der Waals surface area contributed by atoms with Crippen molar-refractivity contribution in [2.75, 3.05) is 6.61 Å². The third kappa shape index (κ3) is 1.88. The normalized spacial score (nSPS) is 33.3. The van der Waals surface area contributed by atoms with E-state index in [4.69, 9.17) is 22.1 Å². The summed E-state index contributed by atoms with van der Waals surface area (Å²) in [7, 11) is 0. The van der Waals surface area contributed by atoms with E-state index in [0.717, 1.165) is 41.2 Å². The van der Waals surface area contributed by atoms with Gasteiger partial charge >= 0.3 is 0 Å². The first kappa shape index (κ1) is 12.0. The van der Waals surface area contributed by atoms with Gasteiger partial charge in [0, 0.05) is 23.0 Å². The highest BCUT2D eigenvalue weighted by atomic mass is 35.5. The lowest BCUT2D eigenvalue weighted by Crippen LogP contribution is -2.26. The molecule has 102 valence electrons. The fourth-order valence-electron chi connectivity index (χ4n) is 4.51. The Kier molecular flexibility index (Phi) is 2.78. The van der Waals surface area contributed by atoms with Crippen LogP contribution in [0.3, 0.4) is 0 Å². The number of fused-ring (bicyclic) bond motifs is 3. The van der Waals surface area contributed by atoms with Gasteiger partial charge in [0.1, 0.15) is 5.75 Å². The average Bonchev–Trinajstić information content (AvgIpc) is 3.11. The maximum atomic E-state index is 6.59. The highest BCUT2D eigenvalue weighted by Gasteiger charge is 2.43. The standard InChI is InChI=1S/C16H20ClNO/c17-12-7-11-3-4-19-16(11)14(8-12)15(18)13-6-9-1-2-10(13)5-9/h7-10,13,15H,1-6,18H2. The van der Waals surface area contributed by atoms with E-state index in [1.807, 2.05) is 12.1 Å². The van der Waals surface area contributed by atoms with Crippen molar-refractivity contribution in [1.82, 2.24) is 0 Å². The largest absolute Gasteiger partial charge is 0.493 e. The summed E-state index contributed by atoms with van der Waals surface area (Å²) in [4.78, 5) is 0. The average molecular weight is 278 g/mol. The molecule has 0 radical (unpaired) electrons. The van der Waals surface area contributed by atoms with Crippen LogP contribution in [0.25, 0.3) is 0 Å². The summed E-state index contributed by atoms with van der Waals surface area (Å²) in [6.07, 6.45) is 6.44. The zero-order chi connectivity index (χ0) is 13.0. The Bertz CT molecular complexity index is 516. The van der Waals surface area contributed by atoms with Crippen molar-refractivity contribution in [2.24, 2.45) is 23.5 Å². The number of halogens is 1. The van der Waals surface area contributed by atoms with Gasteiger partial charge in [-0.2, -0.15) is 0 Å². The Balaban J connectivity index is 1.69. The first-order valence-corrected chi connectivity index (χ1v) is 7.81. The Morgan fingerprint density at radius 1 is 1.26 bits per heavy atom. The molecule has 4 rings (SSSR count). The molecular weight excluding hydrogens is 258 g/mol. The van der Waals surface area contributed by atoms with Crippen molar-refractivity contribution in [1.29, 1.82) is 0 Å². The molecule has 2 saturated carbocycles. The summed E-state index contributed by atoms with van der Waals surface area (Å²) >= 11 is 6.25. The number of nitrogens with two attached hydrogens (primary N) is 1. The van der Waals surface area contributed by atoms with Gasteiger partial charge in [-0.1, -0.05) is 18.0 Å². The second-order valence-electron chi connectivity index (χ2n) is 6.45. The molecule has 0 amide bonds. The first-order valence-electron chi connectivity index (χ1n) is 7.43. The molecule has 2 fully saturated rings. The van der Waals surface area contributed by atoms with Crippen LogP contribution in [0.1, 0.15) is 42.9 Å². The number of hydrogen-bond donors (Lipinski definition) is 1. The van der Waals surface area contributed by atoms with Crippen LogP contribution in [0.15, 0.2) is 12.1 Å². The van der Waals surface area contributed by atoms with Crippen molar-refractivity contribution >= 4 is 11.6 Å². The minimum atomic E-state index is 0.0980. The molecule has 3 heteroatoms.